The number of amides is 3. The lowest BCUT2D eigenvalue weighted by atomic mass is 10.0. The molecule has 2 fully saturated rings. The van der Waals surface area contributed by atoms with Crippen molar-refractivity contribution in [2.24, 2.45) is 5.73 Å². The van der Waals surface area contributed by atoms with Gasteiger partial charge in [0.25, 0.3) is 5.91 Å². The molecule has 0 spiro atoms. The van der Waals surface area contributed by atoms with Crippen molar-refractivity contribution < 1.29 is 14.4 Å². The van der Waals surface area contributed by atoms with Gasteiger partial charge < -0.3 is 10.6 Å². The predicted molar refractivity (Wildman–Crippen MR) is 115 cm³/mol. The number of nitrogens with zero attached hydrogens (tertiary/aromatic N) is 2. The smallest absolute Gasteiger partial charge is 0.255 e. The van der Waals surface area contributed by atoms with Gasteiger partial charge in [-0.1, -0.05) is 42.5 Å². The highest BCUT2D eigenvalue weighted by Crippen LogP contribution is 2.34. The number of fused-ring (bicyclic) bond motifs is 1. The van der Waals surface area contributed by atoms with E-state index in [0.29, 0.717) is 25.1 Å². The van der Waals surface area contributed by atoms with Gasteiger partial charge in [-0.3, -0.25) is 24.6 Å². The number of hydrogen-bond acceptors (Lipinski definition) is 5. The molecule has 7 nitrogen and oxygen atoms in total. The molecule has 5 rings (SSSR count). The molecule has 0 aromatic heterocycles. The lowest BCUT2D eigenvalue weighted by Crippen LogP contribution is -2.52. The maximum Gasteiger partial charge on any atom is 0.255 e. The Bertz CT molecular complexity index is 1040. The number of imide groups is 1. The maximum atomic E-state index is 13.1. The van der Waals surface area contributed by atoms with Crippen molar-refractivity contribution in [1.29, 1.82) is 0 Å². The Morgan fingerprint density at radius 1 is 1.03 bits per heavy atom. The molecule has 0 radical (unpaired) electrons. The van der Waals surface area contributed by atoms with E-state index in [9.17, 15) is 14.4 Å². The number of carbonyl (C=O) groups excluding carboxylic acids is 3. The third-order valence-electron chi connectivity index (χ3n) is 6.60. The van der Waals surface area contributed by atoms with Crippen LogP contribution in [0.25, 0.3) is 0 Å². The van der Waals surface area contributed by atoms with Crippen LogP contribution in [-0.2, 0) is 22.7 Å². The summed E-state index contributed by atoms with van der Waals surface area (Å²) in [5.74, 6) is -0.789. The summed E-state index contributed by atoms with van der Waals surface area (Å²) < 4.78 is 0. The van der Waals surface area contributed by atoms with Gasteiger partial charge >= 0.3 is 0 Å². The monoisotopic (exact) mass is 418 g/mol. The topological polar surface area (TPSA) is 95.7 Å². The van der Waals surface area contributed by atoms with Crippen molar-refractivity contribution >= 4 is 17.7 Å². The normalized spacial score (nSPS) is 26.3. The number of hydrogen-bond donors (Lipinski definition) is 2. The van der Waals surface area contributed by atoms with Crippen LogP contribution in [0.4, 0.5) is 0 Å². The molecule has 2 aromatic carbocycles. The SMILES string of the molecule is N[C@H]1C[C@@H](c2ccccc2)N(Cc2ccc3c(c2)C(=O)N(C2CCC(=O)NC2=O)C3)C1. The van der Waals surface area contributed by atoms with Crippen LogP contribution in [0.1, 0.15) is 52.4 Å². The van der Waals surface area contributed by atoms with Crippen LogP contribution in [0.2, 0.25) is 0 Å². The molecule has 3 heterocycles. The number of nitrogens with one attached hydrogen (secondary N) is 1. The highest BCUT2D eigenvalue weighted by Gasteiger charge is 2.39. The number of piperidine rings is 1. The van der Waals surface area contributed by atoms with E-state index in [2.05, 4.69) is 40.5 Å². The Kier molecular flexibility index (Phi) is 5.08. The minimum Gasteiger partial charge on any atom is -0.326 e. The highest BCUT2D eigenvalue weighted by molar-refractivity contribution is 6.05. The van der Waals surface area contributed by atoms with Gasteiger partial charge in [0.2, 0.25) is 11.8 Å². The van der Waals surface area contributed by atoms with Crippen molar-refractivity contribution in [3.63, 3.8) is 0 Å². The number of nitrogens with two attached hydrogens (primary N) is 1. The first-order chi connectivity index (χ1) is 15.0. The lowest BCUT2D eigenvalue weighted by molar-refractivity contribution is -0.136. The van der Waals surface area contributed by atoms with Gasteiger partial charge in [-0.05, 0) is 35.6 Å². The number of benzene rings is 2. The molecule has 3 atom stereocenters. The van der Waals surface area contributed by atoms with Crippen molar-refractivity contribution in [3.05, 3.63) is 70.8 Å². The van der Waals surface area contributed by atoms with Gasteiger partial charge in [-0.25, -0.2) is 0 Å². The second-order valence-electron chi connectivity index (χ2n) is 8.74. The van der Waals surface area contributed by atoms with Gasteiger partial charge in [0.15, 0.2) is 0 Å². The summed E-state index contributed by atoms with van der Waals surface area (Å²) in [4.78, 5) is 40.7. The zero-order valence-electron chi connectivity index (χ0n) is 17.3. The van der Waals surface area contributed by atoms with E-state index in [0.717, 1.165) is 24.1 Å². The molecule has 0 bridgehead atoms. The summed E-state index contributed by atoms with van der Waals surface area (Å²) in [6.45, 7) is 1.93. The molecular weight excluding hydrogens is 392 g/mol. The van der Waals surface area contributed by atoms with Gasteiger partial charge in [0.1, 0.15) is 6.04 Å². The minimum atomic E-state index is -0.583. The van der Waals surface area contributed by atoms with E-state index in [4.69, 9.17) is 5.73 Å². The summed E-state index contributed by atoms with van der Waals surface area (Å²) >= 11 is 0. The van der Waals surface area contributed by atoms with E-state index in [-0.39, 0.29) is 36.2 Å². The molecule has 3 aliphatic rings. The lowest BCUT2D eigenvalue weighted by Gasteiger charge is -2.29. The Hall–Kier alpha value is -3.03. The second kappa shape index (κ2) is 7.90. The molecule has 0 saturated carbocycles. The summed E-state index contributed by atoms with van der Waals surface area (Å²) in [6, 6.07) is 16.2. The summed E-state index contributed by atoms with van der Waals surface area (Å²) in [7, 11) is 0. The van der Waals surface area contributed by atoms with Gasteiger partial charge in [-0.2, -0.15) is 0 Å². The van der Waals surface area contributed by atoms with E-state index in [1.54, 1.807) is 4.90 Å². The van der Waals surface area contributed by atoms with E-state index in [1.165, 1.54) is 5.56 Å². The van der Waals surface area contributed by atoms with Crippen molar-refractivity contribution in [2.75, 3.05) is 6.54 Å². The third-order valence-corrected chi connectivity index (χ3v) is 6.60. The predicted octanol–water partition coefficient (Wildman–Crippen LogP) is 1.72. The number of carbonyl (C=O) groups is 3. The molecule has 3 aliphatic heterocycles. The molecule has 3 amide bonds. The molecular formula is C24H26N4O3. The van der Waals surface area contributed by atoms with Crippen LogP contribution >= 0.6 is 0 Å². The largest absolute Gasteiger partial charge is 0.326 e. The van der Waals surface area contributed by atoms with Crippen LogP contribution in [-0.4, -0.2) is 46.1 Å². The fraction of sp³-hybridized carbons (Fsp3) is 0.375. The summed E-state index contributed by atoms with van der Waals surface area (Å²) in [5.41, 5.74) is 10.2. The molecule has 3 N–H and O–H groups in total. The molecule has 1 unspecified atom stereocenters. The number of likely N-dealkylation sites (tertiary alicyclic amines) is 1. The van der Waals surface area contributed by atoms with Crippen LogP contribution in [0.3, 0.4) is 0 Å². The minimum absolute atomic E-state index is 0.129. The first-order valence-corrected chi connectivity index (χ1v) is 10.8. The molecule has 31 heavy (non-hydrogen) atoms. The highest BCUT2D eigenvalue weighted by atomic mass is 16.2. The molecule has 0 aliphatic carbocycles. The van der Waals surface area contributed by atoms with Gasteiger partial charge in [0, 0.05) is 43.7 Å². The zero-order valence-corrected chi connectivity index (χ0v) is 17.3. The quantitative estimate of drug-likeness (QED) is 0.737. The van der Waals surface area contributed by atoms with Crippen LogP contribution in [0.15, 0.2) is 48.5 Å². The summed E-state index contributed by atoms with van der Waals surface area (Å²) in [6.07, 6.45) is 1.55. The summed E-state index contributed by atoms with van der Waals surface area (Å²) in [5, 5.41) is 2.35. The van der Waals surface area contributed by atoms with E-state index in [1.807, 2.05) is 18.2 Å². The van der Waals surface area contributed by atoms with E-state index < -0.39 is 6.04 Å². The van der Waals surface area contributed by atoms with Crippen molar-refractivity contribution in [2.45, 2.75) is 50.5 Å². The average Bonchev–Trinajstić information content (AvgIpc) is 3.28. The van der Waals surface area contributed by atoms with Crippen LogP contribution < -0.4 is 11.1 Å². The average molecular weight is 418 g/mol. The Morgan fingerprint density at radius 2 is 1.84 bits per heavy atom. The van der Waals surface area contributed by atoms with Gasteiger partial charge in [-0.15, -0.1) is 0 Å². The Labute approximate surface area is 181 Å². The van der Waals surface area contributed by atoms with Crippen molar-refractivity contribution in [3.8, 4) is 0 Å². The first-order valence-electron chi connectivity index (χ1n) is 10.8. The molecule has 160 valence electrons. The Balaban J connectivity index is 1.34. The van der Waals surface area contributed by atoms with Crippen molar-refractivity contribution in [1.82, 2.24) is 15.1 Å². The third kappa shape index (κ3) is 3.75. The van der Waals surface area contributed by atoms with Gasteiger partial charge in [0.05, 0.1) is 0 Å². The maximum absolute atomic E-state index is 13.1. The molecule has 2 saturated heterocycles. The standard InChI is InChI=1S/C24H26N4O3/c25-18-11-21(16-4-2-1-3-5-16)27(14-18)12-15-6-7-17-13-28(24(31)19(17)10-15)20-8-9-22(29)26-23(20)30/h1-7,10,18,20-21H,8-9,11-14,25H2,(H,26,29,30)/t18-,20?,21-/m0/s1. The second-order valence-corrected chi connectivity index (χ2v) is 8.74. The number of rotatable bonds is 4. The molecule has 2 aromatic rings. The molecule has 7 heteroatoms. The zero-order chi connectivity index (χ0) is 21.5. The fourth-order valence-electron chi connectivity index (χ4n) is 5.07. The van der Waals surface area contributed by atoms with Crippen LogP contribution in [0, 0.1) is 0 Å². The Morgan fingerprint density at radius 3 is 2.61 bits per heavy atom. The van der Waals surface area contributed by atoms with E-state index >= 15 is 0 Å². The van der Waals surface area contributed by atoms with Crippen LogP contribution in [0.5, 0.6) is 0 Å². The fourth-order valence-corrected chi connectivity index (χ4v) is 5.07. The first kappa shape index (κ1) is 19.9.